The summed E-state index contributed by atoms with van der Waals surface area (Å²) in [4.78, 5) is 36.4. The van der Waals surface area contributed by atoms with E-state index in [0.29, 0.717) is 26.8 Å². The predicted octanol–water partition coefficient (Wildman–Crippen LogP) is 4.98. The standard InChI is InChI=1S/C20H15ClN4O3S3/c1-28-16-5-4-12(9-14(16)21)25-18(27)15(10-13-3-2-7-29-13)23-20(25)31-11-17(26)24-19-22-6-8-30-19/h2-10H,11H2,1H3,(H,22,24,26)/b15-10+. The first-order valence-corrected chi connectivity index (χ1v) is 12.0. The van der Waals surface area contributed by atoms with Gasteiger partial charge in [0.25, 0.3) is 5.91 Å². The van der Waals surface area contributed by atoms with Crippen molar-refractivity contribution in [3.8, 4) is 5.75 Å². The number of anilines is 2. The molecular weight excluding hydrogens is 476 g/mol. The van der Waals surface area contributed by atoms with Crippen LogP contribution < -0.4 is 15.0 Å². The lowest BCUT2D eigenvalue weighted by Crippen LogP contribution is -2.31. The maximum absolute atomic E-state index is 13.2. The van der Waals surface area contributed by atoms with Gasteiger partial charge in [0, 0.05) is 16.5 Å². The third-order valence-corrected chi connectivity index (χ3v) is 6.80. The van der Waals surface area contributed by atoms with Crippen LogP contribution in [-0.2, 0) is 9.59 Å². The van der Waals surface area contributed by atoms with Gasteiger partial charge in [-0.2, -0.15) is 0 Å². The van der Waals surface area contributed by atoms with Gasteiger partial charge in [0.1, 0.15) is 11.4 Å². The zero-order valence-corrected chi connectivity index (χ0v) is 19.3. The monoisotopic (exact) mass is 490 g/mol. The highest BCUT2D eigenvalue weighted by molar-refractivity contribution is 8.14. The van der Waals surface area contributed by atoms with Gasteiger partial charge in [-0.15, -0.1) is 22.7 Å². The molecule has 1 aliphatic heterocycles. The first-order valence-electron chi connectivity index (χ1n) is 8.89. The molecule has 4 rings (SSSR count). The number of methoxy groups -OCH3 is 1. The van der Waals surface area contributed by atoms with Gasteiger partial charge < -0.3 is 10.1 Å². The fourth-order valence-electron chi connectivity index (χ4n) is 2.69. The number of carbonyl (C=O) groups excluding carboxylic acids is 2. The molecule has 0 saturated carbocycles. The summed E-state index contributed by atoms with van der Waals surface area (Å²) in [5.41, 5.74) is 0.828. The average Bonchev–Trinajstić information content (AvgIpc) is 3.50. The van der Waals surface area contributed by atoms with Crippen molar-refractivity contribution in [1.82, 2.24) is 4.98 Å². The van der Waals surface area contributed by atoms with E-state index in [4.69, 9.17) is 16.3 Å². The number of hydrogen-bond acceptors (Lipinski definition) is 8. The molecule has 2 aromatic heterocycles. The summed E-state index contributed by atoms with van der Waals surface area (Å²) in [6.45, 7) is 0. The van der Waals surface area contributed by atoms with E-state index in [2.05, 4.69) is 15.3 Å². The molecule has 31 heavy (non-hydrogen) atoms. The number of thiazole rings is 1. The zero-order chi connectivity index (χ0) is 21.8. The highest BCUT2D eigenvalue weighted by atomic mass is 35.5. The van der Waals surface area contributed by atoms with Crippen molar-refractivity contribution >= 4 is 79.9 Å². The van der Waals surface area contributed by atoms with E-state index in [9.17, 15) is 9.59 Å². The number of ether oxygens (including phenoxy) is 1. The molecule has 0 unspecified atom stereocenters. The van der Waals surface area contributed by atoms with Gasteiger partial charge in [-0.3, -0.25) is 14.5 Å². The Labute approximate surface area is 195 Å². The quantitative estimate of drug-likeness (QED) is 0.492. The van der Waals surface area contributed by atoms with E-state index in [1.165, 1.54) is 34.7 Å². The summed E-state index contributed by atoms with van der Waals surface area (Å²) < 4.78 is 5.20. The summed E-state index contributed by atoms with van der Waals surface area (Å²) in [5.74, 6) is 0.0367. The number of hydrogen-bond donors (Lipinski definition) is 1. The Bertz CT molecular complexity index is 1160. The van der Waals surface area contributed by atoms with Crippen molar-refractivity contribution in [2.75, 3.05) is 23.1 Å². The third-order valence-electron chi connectivity index (χ3n) is 4.06. The minimum Gasteiger partial charge on any atom is -0.495 e. The second-order valence-corrected chi connectivity index (χ2v) is 9.30. The number of nitrogens with one attached hydrogen (secondary N) is 1. The van der Waals surface area contributed by atoms with Crippen LogP contribution in [-0.4, -0.2) is 34.8 Å². The number of amidine groups is 1. The highest BCUT2D eigenvalue weighted by Crippen LogP contribution is 2.34. The number of carbonyl (C=O) groups is 2. The Morgan fingerprint density at radius 1 is 1.32 bits per heavy atom. The Morgan fingerprint density at radius 3 is 2.87 bits per heavy atom. The van der Waals surface area contributed by atoms with E-state index in [1.807, 2.05) is 17.5 Å². The largest absolute Gasteiger partial charge is 0.495 e. The zero-order valence-electron chi connectivity index (χ0n) is 16.1. The molecule has 2 amide bonds. The minimum absolute atomic E-state index is 0.0678. The number of thioether (sulfide) groups is 1. The first-order chi connectivity index (χ1) is 15.0. The van der Waals surface area contributed by atoms with Gasteiger partial charge in [0.05, 0.1) is 23.6 Å². The van der Waals surface area contributed by atoms with Crippen molar-refractivity contribution in [3.63, 3.8) is 0 Å². The van der Waals surface area contributed by atoms with E-state index >= 15 is 0 Å². The topological polar surface area (TPSA) is 83.9 Å². The molecule has 0 radical (unpaired) electrons. The number of amides is 2. The lowest BCUT2D eigenvalue weighted by molar-refractivity contribution is -0.114. The van der Waals surface area contributed by atoms with Crippen molar-refractivity contribution < 1.29 is 14.3 Å². The van der Waals surface area contributed by atoms with Crippen LogP contribution in [0.5, 0.6) is 5.75 Å². The summed E-state index contributed by atoms with van der Waals surface area (Å²) in [7, 11) is 1.52. The maximum Gasteiger partial charge on any atom is 0.283 e. The lowest BCUT2D eigenvalue weighted by atomic mass is 10.2. The molecule has 158 valence electrons. The van der Waals surface area contributed by atoms with Crippen LogP contribution in [0.3, 0.4) is 0 Å². The lowest BCUT2D eigenvalue weighted by Gasteiger charge is -2.18. The predicted molar refractivity (Wildman–Crippen MR) is 128 cm³/mol. The van der Waals surface area contributed by atoms with E-state index in [0.717, 1.165) is 16.6 Å². The molecule has 11 heteroatoms. The van der Waals surface area contributed by atoms with Gasteiger partial charge >= 0.3 is 0 Å². The normalized spacial score (nSPS) is 14.8. The van der Waals surface area contributed by atoms with Gasteiger partial charge in [-0.25, -0.2) is 9.98 Å². The second-order valence-electron chi connectivity index (χ2n) is 6.07. The molecule has 0 spiro atoms. The Balaban J connectivity index is 1.59. The average molecular weight is 491 g/mol. The fraction of sp³-hybridized carbons (Fsp3) is 0.100. The summed E-state index contributed by atoms with van der Waals surface area (Å²) in [5, 5.41) is 7.71. The van der Waals surface area contributed by atoms with Gasteiger partial charge in [-0.1, -0.05) is 29.4 Å². The van der Waals surface area contributed by atoms with Crippen LogP contribution >= 0.6 is 46.0 Å². The number of aromatic nitrogens is 1. The second kappa shape index (κ2) is 9.65. The molecule has 0 atom stereocenters. The van der Waals surface area contributed by atoms with Gasteiger partial charge in [-0.05, 0) is 35.7 Å². The molecule has 0 saturated heterocycles. The summed E-state index contributed by atoms with van der Waals surface area (Å²) in [6.07, 6.45) is 3.35. The minimum atomic E-state index is -0.294. The number of aliphatic imine (C=N–C) groups is 1. The third kappa shape index (κ3) is 4.99. The molecule has 0 fully saturated rings. The van der Waals surface area contributed by atoms with Crippen molar-refractivity contribution in [1.29, 1.82) is 0 Å². The SMILES string of the molecule is COc1ccc(N2C(=O)/C(=C\c3cccs3)N=C2SCC(=O)Nc2nccs2)cc1Cl. The number of benzene rings is 1. The molecule has 3 heterocycles. The van der Waals surface area contributed by atoms with Crippen LogP contribution in [0.15, 0.2) is 58.0 Å². The Morgan fingerprint density at radius 2 is 2.19 bits per heavy atom. The maximum atomic E-state index is 13.2. The highest BCUT2D eigenvalue weighted by Gasteiger charge is 2.33. The molecule has 1 aromatic carbocycles. The number of halogens is 1. The Kier molecular flexibility index (Phi) is 6.71. The van der Waals surface area contributed by atoms with Gasteiger partial charge in [0.2, 0.25) is 5.91 Å². The first kappa shape index (κ1) is 21.6. The number of rotatable bonds is 6. The van der Waals surface area contributed by atoms with Gasteiger partial charge in [0.15, 0.2) is 10.3 Å². The molecular formula is C20H15ClN4O3S3. The smallest absolute Gasteiger partial charge is 0.283 e. The summed E-state index contributed by atoms with van der Waals surface area (Å²) >= 11 is 10.3. The van der Waals surface area contributed by atoms with E-state index < -0.39 is 0 Å². The van der Waals surface area contributed by atoms with Crippen molar-refractivity contribution in [3.05, 3.63) is 62.9 Å². The van der Waals surface area contributed by atoms with Crippen LogP contribution in [0.4, 0.5) is 10.8 Å². The van der Waals surface area contributed by atoms with E-state index in [1.54, 1.807) is 35.9 Å². The number of thiophene rings is 1. The van der Waals surface area contributed by atoms with Crippen molar-refractivity contribution in [2.24, 2.45) is 4.99 Å². The van der Waals surface area contributed by atoms with Crippen molar-refractivity contribution in [2.45, 2.75) is 0 Å². The summed E-state index contributed by atoms with van der Waals surface area (Å²) in [6, 6.07) is 8.85. The van der Waals surface area contributed by atoms with Crippen LogP contribution in [0.1, 0.15) is 4.88 Å². The molecule has 1 N–H and O–H groups in total. The molecule has 0 aliphatic carbocycles. The molecule has 0 bridgehead atoms. The number of nitrogens with zero attached hydrogens (tertiary/aromatic N) is 3. The molecule has 7 nitrogen and oxygen atoms in total. The van der Waals surface area contributed by atoms with Crippen LogP contribution in [0.2, 0.25) is 5.02 Å². The van der Waals surface area contributed by atoms with Crippen LogP contribution in [0, 0.1) is 0 Å². The fourth-order valence-corrected chi connectivity index (χ4v) is 4.95. The molecule has 3 aromatic rings. The van der Waals surface area contributed by atoms with Crippen LogP contribution in [0.25, 0.3) is 6.08 Å². The molecule has 1 aliphatic rings. The van der Waals surface area contributed by atoms with E-state index in [-0.39, 0.29) is 23.3 Å². The Hall–Kier alpha value is -2.66.